The zero-order valence-electron chi connectivity index (χ0n) is 15.4. The molecule has 1 aliphatic heterocycles. The summed E-state index contributed by atoms with van der Waals surface area (Å²) in [7, 11) is -3.37. The third-order valence-electron chi connectivity index (χ3n) is 4.23. The van der Waals surface area contributed by atoms with Gasteiger partial charge in [-0.25, -0.2) is 13.2 Å². The molecule has 0 unspecified atom stereocenters. The lowest BCUT2D eigenvalue weighted by Crippen LogP contribution is -2.36. The van der Waals surface area contributed by atoms with Crippen LogP contribution in [0.15, 0.2) is 18.2 Å². The Morgan fingerprint density at radius 3 is 2.43 bits per heavy atom. The van der Waals surface area contributed by atoms with E-state index in [9.17, 15) is 18.0 Å². The lowest BCUT2D eigenvalue weighted by Gasteiger charge is -2.20. The molecule has 0 atom stereocenters. The van der Waals surface area contributed by atoms with Gasteiger partial charge in [0.05, 0.1) is 42.5 Å². The van der Waals surface area contributed by atoms with Gasteiger partial charge in [-0.05, 0) is 30.2 Å². The van der Waals surface area contributed by atoms with E-state index in [0.717, 1.165) is 11.8 Å². The molecule has 0 N–H and O–H groups in total. The molecule has 1 aromatic rings. The van der Waals surface area contributed by atoms with Crippen LogP contribution in [0.1, 0.15) is 28.8 Å². The molecule has 0 radical (unpaired) electrons. The molecule has 148 valence electrons. The van der Waals surface area contributed by atoms with Gasteiger partial charge in [-0.2, -0.15) is 10.5 Å². The lowest BCUT2D eigenvalue weighted by molar-refractivity contribution is -0.134. The molecule has 1 aliphatic rings. The van der Waals surface area contributed by atoms with Crippen molar-refractivity contribution >= 4 is 27.6 Å². The smallest absolute Gasteiger partial charge is 0.338 e. The van der Waals surface area contributed by atoms with E-state index in [-0.39, 0.29) is 31.5 Å². The average Bonchev–Trinajstić information content (AvgIpc) is 3.09. The number of sulfonamides is 1. The normalized spacial score (nSPS) is 12.6. The second kappa shape index (κ2) is 9.20. The standard InChI is InChI=1S/C18H20N4O5S/c1-28(25,26)22-11-6-14-12-15(4-5-16(14)22)18(24)27-13-17(23)21(9-2-7-19)10-3-8-20/h4-5,12H,2-3,6,9-11,13H2,1H3. The number of nitrogens with zero attached hydrogens (tertiary/aromatic N) is 4. The van der Waals surface area contributed by atoms with Crippen LogP contribution in [0.2, 0.25) is 0 Å². The van der Waals surface area contributed by atoms with Gasteiger partial charge in [-0.1, -0.05) is 0 Å². The van der Waals surface area contributed by atoms with E-state index in [1.54, 1.807) is 12.1 Å². The van der Waals surface area contributed by atoms with Gasteiger partial charge in [0.15, 0.2) is 6.61 Å². The van der Waals surface area contributed by atoms with Crippen LogP contribution in [0.4, 0.5) is 5.69 Å². The van der Waals surface area contributed by atoms with Crippen molar-refractivity contribution in [2.75, 3.05) is 36.8 Å². The lowest BCUT2D eigenvalue weighted by atomic mass is 10.1. The number of rotatable bonds is 8. The Kier molecular flexibility index (Phi) is 6.96. The minimum atomic E-state index is -3.37. The molecule has 0 aromatic heterocycles. The molecule has 0 saturated heterocycles. The van der Waals surface area contributed by atoms with E-state index in [0.29, 0.717) is 18.7 Å². The van der Waals surface area contributed by atoms with Gasteiger partial charge < -0.3 is 9.64 Å². The van der Waals surface area contributed by atoms with Crippen LogP contribution in [-0.4, -0.2) is 57.7 Å². The predicted octanol–water partition coefficient (Wildman–Crippen LogP) is 0.821. The second-order valence-corrected chi connectivity index (χ2v) is 8.11. The number of hydrogen-bond acceptors (Lipinski definition) is 7. The molecule has 10 heteroatoms. The fraction of sp³-hybridized carbons (Fsp3) is 0.444. The molecule has 0 spiro atoms. The van der Waals surface area contributed by atoms with Crippen molar-refractivity contribution in [3.63, 3.8) is 0 Å². The molecule has 28 heavy (non-hydrogen) atoms. The molecule has 9 nitrogen and oxygen atoms in total. The number of ether oxygens (including phenoxy) is 1. The maximum Gasteiger partial charge on any atom is 0.338 e. The van der Waals surface area contributed by atoms with Crippen molar-refractivity contribution in [2.45, 2.75) is 19.3 Å². The zero-order chi connectivity index (χ0) is 20.7. The highest BCUT2D eigenvalue weighted by Gasteiger charge is 2.27. The topological polar surface area (TPSA) is 132 Å². The minimum Gasteiger partial charge on any atom is -0.452 e. The maximum absolute atomic E-state index is 12.2. The van der Waals surface area contributed by atoms with Crippen LogP contribution >= 0.6 is 0 Å². The van der Waals surface area contributed by atoms with Gasteiger partial charge >= 0.3 is 5.97 Å². The molecule has 1 heterocycles. The van der Waals surface area contributed by atoms with E-state index in [4.69, 9.17) is 15.3 Å². The van der Waals surface area contributed by atoms with E-state index >= 15 is 0 Å². The van der Waals surface area contributed by atoms with Gasteiger partial charge in [0.2, 0.25) is 10.0 Å². The van der Waals surface area contributed by atoms with Crippen molar-refractivity contribution in [2.24, 2.45) is 0 Å². The van der Waals surface area contributed by atoms with Crippen LogP contribution in [0, 0.1) is 22.7 Å². The number of carbonyl (C=O) groups is 2. The van der Waals surface area contributed by atoms with Crippen molar-refractivity contribution in [3.8, 4) is 12.1 Å². The number of anilines is 1. The Hall–Kier alpha value is -3.11. The van der Waals surface area contributed by atoms with E-state index < -0.39 is 28.5 Å². The summed E-state index contributed by atoms with van der Waals surface area (Å²) in [5, 5.41) is 17.3. The highest BCUT2D eigenvalue weighted by molar-refractivity contribution is 7.92. The van der Waals surface area contributed by atoms with Gasteiger partial charge in [-0.3, -0.25) is 9.10 Å². The predicted molar refractivity (Wildman–Crippen MR) is 99.7 cm³/mol. The monoisotopic (exact) mass is 404 g/mol. The summed E-state index contributed by atoms with van der Waals surface area (Å²) >= 11 is 0. The zero-order valence-corrected chi connectivity index (χ0v) is 16.2. The number of fused-ring (bicyclic) bond motifs is 1. The molecule has 0 aliphatic carbocycles. The number of carbonyl (C=O) groups excluding carboxylic acids is 2. The van der Waals surface area contributed by atoms with Crippen molar-refractivity contribution < 1.29 is 22.7 Å². The molecular weight excluding hydrogens is 384 g/mol. The van der Waals surface area contributed by atoms with E-state index in [2.05, 4.69) is 0 Å². The van der Waals surface area contributed by atoms with Gasteiger partial charge in [0, 0.05) is 19.6 Å². The Labute approximate surface area is 163 Å². The van der Waals surface area contributed by atoms with Crippen LogP contribution < -0.4 is 4.31 Å². The van der Waals surface area contributed by atoms with Crippen molar-refractivity contribution in [3.05, 3.63) is 29.3 Å². The highest BCUT2D eigenvalue weighted by Crippen LogP contribution is 2.30. The number of hydrogen-bond donors (Lipinski definition) is 0. The molecule has 0 saturated carbocycles. The number of nitriles is 2. The number of amides is 1. The fourth-order valence-corrected chi connectivity index (χ4v) is 3.83. The quantitative estimate of drug-likeness (QED) is 0.586. The first-order valence-electron chi connectivity index (χ1n) is 8.57. The summed E-state index contributed by atoms with van der Waals surface area (Å²) in [6.45, 7) is 0.142. The third-order valence-corrected chi connectivity index (χ3v) is 5.41. The summed E-state index contributed by atoms with van der Waals surface area (Å²) in [4.78, 5) is 25.7. The molecule has 1 aromatic carbocycles. The van der Waals surface area contributed by atoms with Crippen LogP contribution in [0.3, 0.4) is 0 Å². The molecular formula is C18H20N4O5S. The molecule has 1 amide bonds. The molecule has 0 fully saturated rings. The van der Waals surface area contributed by atoms with Crippen LogP contribution in [-0.2, 0) is 26.0 Å². The van der Waals surface area contributed by atoms with Crippen LogP contribution in [0.5, 0.6) is 0 Å². The van der Waals surface area contributed by atoms with Gasteiger partial charge in [0.25, 0.3) is 5.91 Å². The Morgan fingerprint density at radius 2 is 1.86 bits per heavy atom. The maximum atomic E-state index is 12.2. The van der Waals surface area contributed by atoms with E-state index in [1.807, 2.05) is 12.1 Å². The fourth-order valence-electron chi connectivity index (χ4n) is 2.88. The Bertz CT molecular complexity index is 928. The average molecular weight is 404 g/mol. The summed E-state index contributed by atoms with van der Waals surface area (Å²) in [6, 6.07) is 8.43. The first-order chi connectivity index (χ1) is 13.3. The number of esters is 1. The summed E-state index contributed by atoms with van der Waals surface area (Å²) < 4.78 is 29.9. The number of benzene rings is 1. The summed E-state index contributed by atoms with van der Waals surface area (Å²) in [5.74, 6) is -1.18. The second-order valence-electron chi connectivity index (χ2n) is 6.20. The highest BCUT2D eigenvalue weighted by atomic mass is 32.2. The molecule has 2 rings (SSSR count). The first kappa shape index (κ1) is 21.2. The van der Waals surface area contributed by atoms with Crippen molar-refractivity contribution in [1.29, 1.82) is 10.5 Å². The summed E-state index contributed by atoms with van der Waals surface area (Å²) in [5.41, 5.74) is 1.48. The Morgan fingerprint density at radius 1 is 1.21 bits per heavy atom. The van der Waals surface area contributed by atoms with E-state index in [1.165, 1.54) is 15.3 Å². The van der Waals surface area contributed by atoms with Gasteiger partial charge in [-0.15, -0.1) is 0 Å². The minimum absolute atomic E-state index is 0.118. The summed E-state index contributed by atoms with van der Waals surface area (Å²) in [6.07, 6.45) is 1.85. The SMILES string of the molecule is CS(=O)(=O)N1CCc2cc(C(=O)OCC(=O)N(CCC#N)CCC#N)ccc21. The first-order valence-corrected chi connectivity index (χ1v) is 10.4. The third kappa shape index (κ3) is 5.21. The van der Waals surface area contributed by atoms with Gasteiger partial charge in [0.1, 0.15) is 0 Å². The Balaban J connectivity index is 2.01. The van der Waals surface area contributed by atoms with Crippen molar-refractivity contribution in [1.82, 2.24) is 4.90 Å². The van der Waals surface area contributed by atoms with Crippen LogP contribution in [0.25, 0.3) is 0 Å². The largest absolute Gasteiger partial charge is 0.452 e. The molecule has 0 bridgehead atoms.